The summed E-state index contributed by atoms with van der Waals surface area (Å²) < 4.78 is 10.5. The molecule has 1 atom stereocenters. The molecule has 0 heterocycles. The van der Waals surface area contributed by atoms with Gasteiger partial charge in [0.05, 0.1) is 18.4 Å². The lowest BCUT2D eigenvalue weighted by molar-refractivity contribution is -0.123. The van der Waals surface area contributed by atoms with Crippen molar-refractivity contribution in [3.05, 3.63) is 58.6 Å². The van der Waals surface area contributed by atoms with E-state index >= 15 is 0 Å². The van der Waals surface area contributed by atoms with E-state index < -0.39 is 18.0 Å². The van der Waals surface area contributed by atoms with Crippen molar-refractivity contribution in [2.75, 3.05) is 12.4 Å². The summed E-state index contributed by atoms with van der Waals surface area (Å²) >= 11 is 5.95. The third-order valence-corrected chi connectivity index (χ3v) is 4.29. The van der Waals surface area contributed by atoms with Crippen LogP contribution >= 0.6 is 11.6 Å². The van der Waals surface area contributed by atoms with Crippen molar-refractivity contribution in [1.29, 1.82) is 0 Å². The van der Waals surface area contributed by atoms with Gasteiger partial charge in [-0.05, 0) is 48.2 Å². The van der Waals surface area contributed by atoms with E-state index in [0.717, 1.165) is 5.56 Å². The van der Waals surface area contributed by atoms with E-state index in [0.29, 0.717) is 22.0 Å². The average molecular weight is 390 g/mol. The van der Waals surface area contributed by atoms with Gasteiger partial charge >= 0.3 is 5.97 Å². The summed E-state index contributed by atoms with van der Waals surface area (Å²) in [6.07, 6.45) is -0.983. The highest BCUT2D eigenvalue weighted by molar-refractivity contribution is 6.31. The molecule has 0 fully saturated rings. The second-order valence-corrected chi connectivity index (χ2v) is 7.65. The first kappa shape index (κ1) is 20.8. The van der Waals surface area contributed by atoms with Crippen molar-refractivity contribution in [2.45, 2.75) is 39.2 Å². The molecule has 0 unspecified atom stereocenters. The Morgan fingerprint density at radius 2 is 1.70 bits per heavy atom. The predicted molar refractivity (Wildman–Crippen MR) is 107 cm³/mol. The quantitative estimate of drug-likeness (QED) is 0.744. The summed E-state index contributed by atoms with van der Waals surface area (Å²) in [4.78, 5) is 24.7. The van der Waals surface area contributed by atoms with Crippen LogP contribution in [0, 0.1) is 0 Å². The summed E-state index contributed by atoms with van der Waals surface area (Å²) in [6, 6.07) is 12.0. The van der Waals surface area contributed by atoms with E-state index in [1.165, 1.54) is 14.0 Å². The van der Waals surface area contributed by atoms with Crippen molar-refractivity contribution in [1.82, 2.24) is 0 Å². The fourth-order valence-electron chi connectivity index (χ4n) is 2.40. The van der Waals surface area contributed by atoms with Crippen LogP contribution < -0.4 is 10.1 Å². The van der Waals surface area contributed by atoms with Gasteiger partial charge in [0.25, 0.3) is 5.91 Å². The molecular weight excluding hydrogens is 366 g/mol. The Balaban J connectivity index is 2.03. The number of amides is 1. The summed E-state index contributed by atoms with van der Waals surface area (Å²) in [5.41, 5.74) is 1.90. The Morgan fingerprint density at radius 1 is 1.07 bits per heavy atom. The van der Waals surface area contributed by atoms with Crippen LogP contribution in [-0.4, -0.2) is 25.1 Å². The van der Waals surface area contributed by atoms with Crippen LogP contribution in [0.4, 0.5) is 5.69 Å². The fourth-order valence-corrected chi connectivity index (χ4v) is 2.57. The van der Waals surface area contributed by atoms with Gasteiger partial charge in [-0.15, -0.1) is 0 Å². The van der Waals surface area contributed by atoms with E-state index in [1.807, 2.05) is 12.1 Å². The molecule has 0 bridgehead atoms. The number of hydrogen-bond acceptors (Lipinski definition) is 4. The highest BCUT2D eigenvalue weighted by atomic mass is 35.5. The van der Waals surface area contributed by atoms with Gasteiger partial charge in [0.1, 0.15) is 5.75 Å². The molecule has 1 N–H and O–H groups in total. The number of methoxy groups -OCH3 is 1. The lowest BCUT2D eigenvalue weighted by Crippen LogP contribution is -2.30. The van der Waals surface area contributed by atoms with E-state index in [9.17, 15) is 9.59 Å². The third kappa shape index (κ3) is 5.47. The van der Waals surface area contributed by atoms with Crippen molar-refractivity contribution < 1.29 is 19.1 Å². The molecule has 2 rings (SSSR count). The normalized spacial score (nSPS) is 12.2. The van der Waals surface area contributed by atoms with Crippen molar-refractivity contribution in [3.63, 3.8) is 0 Å². The molecule has 0 saturated heterocycles. The lowest BCUT2D eigenvalue weighted by atomic mass is 9.87. The van der Waals surface area contributed by atoms with Gasteiger partial charge < -0.3 is 14.8 Å². The predicted octanol–water partition coefficient (Wildman–Crippen LogP) is 4.83. The zero-order chi connectivity index (χ0) is 20.2. The number of rotatable bonds is 5. The maximum Gasteiger partial charge on any atom is 0.338 e. The molecule has 0 radical (unpaired) electrons. The largest absolute Gasteiger partial charge is 0.495 e. The van der Waals surface area contributed by atoms with Gasteiger partial charge in [0.2, 0.25) is 0 Å². The van der Waals surface area contributed by atoms with Crippen LogP contribution in [0.25, 0.3) is 0 Å². The first-order chi connectivity index (χ1) is 12.6. The van der Waals surface area contributed by atoms with Crippen LogP contribution in [0.5, 0.6) is 5.75 Å². The molecule has 27 heavy (non-hydrogen) atoms. The molecule has 144 valence electrons. The highest BCUT2D eigenvalue weighted by Gasteiger charge is 2.21. The maximum atomic E-state index is 12.4. The molecule has 0 aromatic heterocycles. The molecule has 5 nitrogen and oxygen atoms in total. The molecule has 2 aromatic carbocycles. The number of carbonyl (C=O) groups is 2. The monoisotopic (exact) mass is 389 g/mol. The van der Waals surface area contributed by atoms with Crippen LogP contribution in [0.15, 0.2) is 42.5 Å². The molecule has 0 aliphatic carbocycles. The first-order valence-corrected chi connectivity index (χ1v) is 8.95. The van der Waals surface area contributed by atoms with Crippen LogP contribution in [0.2, 0.25) is 5.02 Å². The maximum absolute atomic E-state index is 12.4. The minimum atomic E-state index is -0.983. The molecule has 2 aromatic rings. The van der Waals surface area contributed by atoms with Crippen molar-refractivity contribution >= 4 is 29.2 Å². The van der Waals surface area contributed by atoms with Gasteiger partial charge in [0.15, 0.2) is 6.10 Å². The van der Waals surface area contributed by atoms with Gasteiger partial charge in [-0.2, -0.15) is 0 Å². The first-order valence-electron chi connectivity index (χ1n) is 8.57. The zero-order valence-electron chi connectivity index (χ0n) is 16.1. The number of hydrogen-bond donors (Lipinski definition) is 1. The van der Waals surface area contributed by atoms with Gasteiger partial charge in [-0.1, -0.05) is 44.5 Å². The number of halogens is 1. The Labute approximate surface area is 164 Å². The summed E-state index contributed by atoms with van der Waals surface area (Å²) in [7, 11) is 1.49. The van der Waals surface area contributed by atoms with Crippen molar-refractivity contribution in [2.24, 2.45) is 0 Å². The van der Waals surface area contributed by atoms with Crippen LogP contribution in [-0.2, 0) is 14.9 Å². The highest BCUT2D eigenvalue weighted by Crippen LogP contribution is 2.28. The summed E-state index contributed by atoms with van der Waals surface area (Å²) in [6.45, 7) is 7.79. The number of carbonyl (C=O) groups excluding carboxylic acids is 2. The molecule has 0 saturated carbocycles. The smallest absolute Gasteiger partial charge is 0.338 e. The van der Waals surface area contributed by atoms with E-state index in [4.69, 9.17) is 21.1 Å². The van der Waals surface area contributed by atoms with Crippen molar-refractivity contribution in [3.8, 4) is 5.75 Å². The van der Waals surface area contributed by atoms with Crippen LogP contribution in [0.1, 0.15) is 43.6 Å². The molecule has 0 aliphatic rings. The van der Waals surface area contributed by atoms with Gasteiger partial charge in [0, 0.05) is 5.02 Å². The molecule has 1 amide bonds. The third-order valence-electron chi connectivity index (χ3n) is 4.06. The lowest BCUT2D eigenvalue weighted by Gasteiger charge is -2.19. The Morgan fingerprint density at radius 3 is 2.26 bits per heavy atom. The summed E-state index contributed by atoms with van der Waals surface area (Å²) in [5, 5.41) is 3.12. The molecule has 6 heteroatoms. The number of esters is 1. The average Bonchev–Trinajstić information content (AvgIpc) is 2.61. The molecule has 0 aliphatic heterocycles. The number of nitrogens with one attached hydrogen (secondary N) is 1. The van der Waals surface area contributed by atoms with E-state index in [1.54, 1.807) is 30.3 Å². The topological polar surface area (TPSA) is 64.6 Å². The number of ether oxygens (including phenoxy) is 2. The number of anilines is 1. The second kappa shape index (κ2) is 8.44. The van der Waals surface area contributed by atoms with E-state index in [-0.39, 0.29) is 5.41 Å². The fraction of sp³-hybridized carbons (Fsp3) is 0.333. The second-order valence-electron chi connectivity index (χ2n) is 7.21. The minimum absolute atomic E-state index is 0.00831. The Hall–Kier alpha value is -2.53. The standard InChI is InChI=1S/C21H24ClNO4/c1-13(19(24)23-17-12-16(22)10-11-18(17)26-5)27-20(25)14-6-8-15(9-7-14)21(2,3)4/h6-13H,1-5H3,(H,23,24)/t13-/m0/s1. The number of benzene rings is 2. The molecule has 0 spiro atoms. The summed E-state index contributed by atoms with van der Waals surface area (Å²) in [5.74, 6) is -0.574. The Bertz CT molecular complexity index is 825. The SMILES string of the molecule is COc1ccc(Cl)cc1NC(=O)[C@H](C)OC(=O)c1ccc(C(C)(C)C)cc1. The van der Waals surface area contributed by atoms with Gasteiger partial charge in [-0.3, -0.25) is 4.79 Å². The Kier molecular flexibility index (Phi) is 6.50. The van der Waals surface area contributed by atoms with Crippen LogP contribution in [0.3, 0.4) is 0 Å². The minimum Gasteiger partial charge on any atom is -0.495 e. The molecular formula is C21H24ClNO4. The zero-order valence-corrected chi connectivity index (χ0v) is 16.9. The van der Waals surface area contributed by atoms with E-state index in [2.05, 4.69) is 26.1 Å². The van der Waals surface area contributed by atoms with Gasteiger partial charge in [-0.25, -0.2) is 4.79 Å².